The molecule has 1 aliphatic carbocycles. The van der Waals surface area contributed by atoms with Crippen LogP contribution in [0.15, 0.2) is 23.9 Å². The van der Waals surface area contributed by atoms with Crippen molar-refractivity contribution in [2.24, 2.45) is 0 Å². The third kappa shape index (κ3) is 5.35. The summed E-state index contributed by atoms with van der Waals surface area (Å²) in [6.45, 7) is 1.70. The second-order valence-electron chi connectivity index (χ2n) is 6.65. The summed E-state index contributed by atoms with van der Waals surface area (Å²) >= 11 is 5.73. The SMILES string of the molecule is CN(C)CCNC=C1CCC(c2c(C(F)(F)F)ccc(Cl)c2F)CC1. The summed E-state index contributed by atoms with van der Waals surface area (Å²) in [5.74, 6) is -1.40. The van der Waals surface area contributed by atoms with Gasteiger partial charge in [-0.2, -0.15) is 13.2 Å². The Labute approximate surface area is 150 Å². The van der Waals surface area contributed by atoms with E-state index in [1.807, 2.05) is 20.3 Å². The van der Waals surface area contributed by atoms with Gasteiger partial charge in [0.25, 0.3) is 0 Å². The Hall–Kier alpha value is -1.27. The van der Waals surface area contributed by atoms with E-state index < -0.39 is 23.5 Å². The summed E-state index contributed by atoms with van der Waals surface area (Å²) in [7, 11) is 3.97. The maximum Gasteiger partial charge on any atom is 0.416 e. The van der Waals surface area contributed by atoms with Crippen molar-refractivity contribution in [3.8, 4) is 0 Å². The van der Waals surface area contributed by atoms with Gasteiger partial charge in [0.05, 0.1) is 10.6 Å². The maximum absolute atomic E-state index is 14.3. The van der Waals surface area contributed by atoms with Gasteiger partial charge in [-0.3, -0.25) is 0 Å². The number of hydrogen-bond acceptors (Lipinski definition) is 2. The fourth-order valence-corrected chi connectivity index (χ4v) is 3.30. The van der Waals surface area contributed by atoms with E-state index in [0.29, 0.717) is 25.7 Å². The van der Waals surface area contributed by atoms with Crippen LogP contribution >= 0.6 is 11.6 Å². The molecule has 140 valence electrons. The van der Waals surface area contributed by atoms with Gasteiger partial charge in [0.1, 0.15) is 5.82 Å². The number of hydrogen-bond donors (Lipinski definition) is 1. The van der Waals surface area contributed by atoms with Gasteiger partial charge in [-0.1, -0.05) is 17.2 Å². The highest BCUT2D eigenvalue weighted by Gasteiger charge is 2.38. The van der Waals surface area contributed by atoms with Crippen molar-refractivity contribution in [3.05, 3.63) is 45.9 Å². The molecule has 2 rings (SSSR count). The van der Waals surface area contributed by atoms with Crippen LogP contribution in [0.4, 0.5) is 17.6 Å². The Morgan fingerprint density at radius 1 is 1.24 bits per heavy atom. The molecule has 1 N–H and O–H groups in total. The first-order chi connectivity index (χ1) is 11.7. The predicted molar refractivity (Wildman–Crippen MR) is 92.3 cm³/mol. The van der Waals surface area contributed by atoms with E-state index in [1.54, 1.807) is 0 Å². The molecule has 0 amide bonds. The zero-order valence-electron chi connectivity index (χ0n) is 14.4. The van der Waals surface area contributed by atoms with E-state index in [-0.39, 0.29) is 10.6 Å². The number of allylic oxidation sites excluding steroid dienone is 1. The summed E-state index contributed by atoms with van der Waals surface area (Å²) < 4.78 is 54.0. The van der Waals surface area contributed by atoms with Crippen LogP contribution in [-0.4, -0.2) is 32.1 Å². The number of halogens is 5. The molecule has 0 atom stereocenters. The smallest absolute Gasteiger partial charge is 0.390 e. The molecule has 2 nitrogen and oxygen atoms in total. The van der Waals surface area contributed by atoms with Crippen molar-refractivity contribution in [3.63, 3.8) is 0 Å². The summed E-state index contributed by atoms with van der Waals surface area (Å²) in [6.07, 6.45) is -0.349. The molecule has 7 heteroatoms. The van der Waals surface area contributed by atoms with Crippen LogP contribution in [0.25, 0.3) is 0 Å². The molecular formula is C18H23ClF4N2. The third-order valence-corrected chi connectivity index (χ3v) is 4.78. The molecule has 0 spiro atoms. The lowest BCUT2D eigenvalue weighted by molar-refractivity contribution is -0.138. The molecule has 1 aromatic carbocycles. The minimum absolute atomic E-state index is 0.255. The van der Waals surface area contributed by atoms with Crippen molar-refractivity contribution in [2.75, 3.05) is 27.2 Å². The minimum Gasteiger partial charge on any atom is -0.390 e. The van der Waals surface area contributed by atoms with Crippen LogP contribution in [0.1, 0.15) is 42.7 Å². The Morgan fingerprint density at radius 2 is 1.88 bits per heavy atom. The van der Waals surface area contributed by atoms with E-state index in [0.717, 1.165) is 30.8 Å². The Kier molecular flexibility index (Phi) is 6.74. The molecule has 0 saturated heterocycles. The summed E-state index contributed by atoms with van der Waals surface area (Å²) in [4.78, 5) is 2.06. The van der Waals surface area contributed by atoms with Crippen molar-refractivity contribution in [2.45, 2.75) is 37.8 Å². The zero-order chi connectivity index (χ0) is 18.6. The topological polar surface area (TPSA) is 15.3 Å². The predicted octanol–water partition coefficient (Wildman–Crippen LogP) is 5.19. The summed E-state index contributed by atoms with van der Waals surface area (Å²) in [6, 6.07) is 1.86. The van der Waals surface area contributed by atoms with E-state index in [4.69, 9.17) is 11.6 Å². The third-order valence-electron chi connectivity index (χ3n) is 4.48. The zero-order valence-corrected chi connectivity index (χ0v) is 15.1. The van der Waals surface area contributed by atoms with Crippen LogP contribution < -0.4 is 5.32 Å². The van der Waals surface area contributed by atoms with Gasteiger partial charge in [0.15, 0.2) is 0 Å². The molecule has 1 aliphatic rings. The lowest BCUT2D eigenvalue weighted by Gasteiger charge is -2.27. The quantitative estimate of drug-likeness (QED) is 0.560. The Morgan fingerprint density at radius 3 is 2.44 bits per heavy atom. The molecule has 0 aliphatic heterocycles. The van der Waals surface area contributed by atoms with Gasteiger partial charge >= 0.3 is 6.18 Å². The highest BCUT2D eigenvalue weighted by molar-refractivity contribution is 6.30. The second kappa shape index (κ2) is 8.41. The van der Waals surface area contributed by atoms with Crippen molar-refractivity contribution in [1.82, 2.24) is 10.2 Å². The second-order valence-corrected chi connectivity index (χ2v) is 7.06. The number of rotatable bonds is 5. The maximum atomic E-state index is 14.3. The molecule has 0 unspecified atom stereocenters. The lowest BCUT2D eigenvalue weighted by atomic mass is 9.80. The van der Waals surface area contributed by atoms with Crippen LogP contribution in [0.2, 0.25) is 5.02 Å². The molecule has 1 fully saturated rings. The average molecular weight is 379 g/mol. The van der Waals surface area contributed by atoms with Gasteiger partial charge in [-0.25, -0.2) is 4.39 Å². The number of nitrogens with zero attached hydrogens (tertiary/aromatic N) is 1. The standard InChI is InChI=1S/C18H23ClF4N2/c1-25(2)10-9-24-11-12-3-5-13(6-4-12)16-14(18(21,22)23)7-8-15(19)17(16)20/h7-8,11,13,24H,3-6,9-10H2,1-2H3. The highest BCUT2D eigenvalue weighted by Crippen LogP contribution is 2.44. The Bertz CT molecular complexity index is 616. The molecule has 0 aromatic heterocycles. The van der Waals surface area contributed by atoms with Gasteiger partial charge < -0.3 is 10.2 Å². The van der Waals surface area contributed by atoms with Gasteiger partial charge in [-0.05, 0) is 64.0 Å². The first-order valence-electron chi connectivity index (χ1n) is 8.31. The van der Waals surface area contributed by atoms with E-state index in [1.165, 1.54) is 0 Å². The summed E-state index contributed by atoms with van der Waals surface area (Å²) in [5.41, 5.74) is -0.0263. The van der Waals surface area contributed by atoms with Crippen molar-refractivity contribution >= 4 is 11.6 Å². The first-order valence-corrected chi connectivity index (χ1v) is 8.69. The number of nitrogens with one attached hydrogen (secondary N) is 1. The Balaban J connectivity index is 2.08. The molecule has 0 heterocycles. The highest BCUT2D eigenvalue weighted by atomic mass is 35.5. The molecular weight excluding hydrogens is 356 g/mol. The van der Waals surface area contributed by atoms with E-state index in [2.05, 4.69) is 10.2 Å². The first kappa shape index (κ1) is 20.0. The monoisotopic (exact) mass is 378 g/mol. The molecule has 0 bridgehead atoms. The fraction of sp³-hybridized carbons (Fsp3) is 0.556. The van der Waals surface area contributed by atoms with Gasteiger partial charge in [0, 0.05) is 18.7 Å². The summed E-state index contributed by atoms with van der Waals surface area (Å²) in [5, 5.41) is 2.96. The molecule has 1 aromatic rings. The number of alkyl halides is 3. The van der Waals surface area contributed by atoms with Crippen LogP contribution in [0.5, 0.6) is 0 Å². The van der Waals surface area contributed by atoms with Crippen LogP contribution in [0.3, 0.4) is 0 Å². The molecule has 1 saturated carbocycles. The van der Waals surface area contributed by atoms with Crippen molar-refractivity contribution in [1.29, 1.82) is 0 Å². The van der Waals surface area contributed by atoms with Crippen molar-refractivity contribution < 1.29 is 17.6 Å². The van der Waals surface area contributed by atoms with Gasteiger partial charge in [-0.15, -0.1) is 0 Å². The van der Waals surface area contributed by atoms with E-state index in [9.17, 15) is 17.6 Å². The fourth-order valence-electron chi connectivity index (χ4n) is 3.14. The number of likely N-dealkylation sites (N-methyl/N-ethyl adjacent to an activating group) is 1. The van der Waals surface area contributed by atoms with Gasteiger partial charge in [0.2, 0.25) is 0 Å². The van der Waals surface area contributed by atoms with E-state index >= 15 is 0 Å². The van der Waals surface area contributed by atoms with Crippen LogP contribution in [0, 0.1) is 5.82 Å². The average Bonchev–Trinajstić information content (AvgIpc) is 2.53. The number of benzene rings is 1. The normalized spacial score (nSPS) is 18.6. The largest absolute Gasteiger partial charge is 0.416 e. The van der Waals surface area contributed by atoms with Crippen LogP contribution in [-0.2, 0) is 6.18 Å². The molecule has 25 heavy (non-hydrogen) atoms. The lowest BCUT2D eigenvalue weighted by Crippen LogP contribution is -2.24. The minimum atomic E-state index is -4.58. The molecule has 0 radical (unpaired) electrons.